The number of aryl methyl sites for hydroxylation is 1. The van der Waals surface area contributed by atoms with E-state index in [-0.39, 0.29) is 5.91 Å². The van der Waals surface area contributed by atoms with Crippen molar-refractivity contribution >= 4 is 5.91 Å². The molecular weight excluding hydrogens is 312 g/mol. The molecule has 0 aliphatic carbocycles. The van der Waals surface area contributed by atoms with Crippen LogP contribution in [0.2, 0.25) is 0 Å². The number of carbonyl (C=O) groups excluding carboxylic acids is 1. The number of aromatic nitrogens is 1. The van der Waals surface area contributed by atoms with Gasteiger partial charge in [-0.25, -0.2) is 0 Å². The molecule has 1 saturated heterocycles. The zero-order valence-corrected chi connectivity index (χ0v) is 14.8. The third-order valence-corrected chi connectivity index (χ3v) is 4.69. The molecule has 0 saturated carbocycles. The molecule has 1 fully saturated rings. The van der Waals surface area contributed by atoms with Gasteiger partial charge in [0, 0.05) is 45.1 Å². The van der Waals surface area contributed by atoms with Gasteiger partial charge in [-0.05, 0) is 36.6 Å². The summed E-state index contributed by atoms with van der Waals surface area (Å²) in [6, 6.07) is 11.8. The van der Waals surface area contributed by atoms with E-state index in [4.69, 9.17) is 5.73 Å². The molecule has 25 heavy (non-hydrogen) atoms. The van der Waals surface area contributed by atoms with Crippen LogP contribution in [0.5, 0.6) is 0 Å². The Bertz CT molecular complexity index is 696. The van der Waals surface area contributed by atoms with Crippen molar-refractivity contribution in [3.63, 3.8) is 0 Å². The van der Waals surface area contributed by atoms with Crippen LogP contribution in [-0.4, -0.2) is 52.9 Å². The molecule has 0 bridgehead atoms. The SMILES string of the molecule is Cc1cccc(CC(N)C(=O)N2CCN(Cc3ccncc3)CC2)c1. The van der Waals surface area contributed by atoms with E-state index in [0.29, 0.717) is 6.42 Å². The number of hydrogen-bond acceptors (Lipinski definition) is 4. The maximum absolute atomic E-state index is 12.6. The van der Waals surface area contributed by atoms with Crippen molar-refractivity contribution in [2.24, 2.45) is 5.73 Å². The fourth-order valence-corrected chi connectivity index (χ4v) is 3.29. The predicted molar refractivity (Wildman–Crippen MR) is 99.0 cm³/mol. The van der Waals surface area contributed by atoms with E-state index in [2.05, 4.69) is 28.9 Å². The van der Waals surface area contributed by atoms with Gasteiger partial charge in [0.25, 0.3) is 0 Å². The smallest absolute Gasteiger partial charge is 0.239 e. The van der Waals surface area contributed by atoms with Gasteiger partial charge in [0.15, 0.2) is 0 Å². The minimum absolute atomic E-state index is 0.0602. The van der Waals surface area contributed by atoms with Gasteiger partial charge in [-0.1, -0.05) is 29.8 Å². The highest BCUT2D eigenvalue weighted by molar-refractivity contribution is 5.82. The van der Waals surface area contributed by atoms with Gasteiger partial charge in [0.05, 0.1) is 6.04 Å². The van der Waals surface area contributed by atoms with Crippen LogP contribution in [0.25, 0.3) is 0 Å². The highest BCUT2D eigenvalue weighted by Gasteiger charge is 2.25. The molecule has 1 aromatic carbocycles. The van der Waals surface area contributed by atoms with E-state index in [0.717, 1.165) is 38.3 Å². The first-order valence-corrected chi connectivity index (χ1v) is 8.83. The molecule has 1 aliphatic heterocycles. The Hall–Kier alpha value is -2.24. The number of rotatable bonds is 5. The molecule has 2 N–H and O–H groups in total. The van der Waals surface area contributed by atoms with Crippen molar-refractivity contribution in [1.29, 1.82) is 0 Å². The Morgan fingerprint density at radius 1 is 1.12 bits per heavy atom. The maximum Gasteiger partial charge on any atom is 0.239 e. The van der Waals surface area contributed by atoms with Crippen LogP contribution in [-0.2, 0) is 17.8 Å². The summed E-state index contributed by atoms with van der Waals surface area (Å²) >= 11 is 0. The Kier molecular flexibility index (Phi) is 5.79. The Labute approximate surface area is 149 Å². The minimum Gasteiger partial charge on any atom is -0.339 e. The van der Waals surface area contributed by atoms with Crippen LogP contribution in [0, 0.1) is 6.92 Å². The van der Waals surface area contributed by atoms with E-state index < -0.39 is 6.04 Å². The van der Waals surface area contributed by atoms with Crippen molar-refractivity contribution in [3.8, 4) is 0 Å². The van der Waals surface area contributed by atoms with Gasteiger partial charge in [-0.15, -0.1) is 0 Å². The fraction of sp³-hybridized carbons (Fsp3) is 0.400. The van der Waals surface area contributed by atoms with Crippen LogP contribution in [0.15, 0.2) is 48.8 Å². The molecule has 0 radical (unpaired) electrons. The van der Waals surface area contributed by atoms with Crippen molar-refractivity contribution in [1.82, 2.24) is 14.8 Å². The molecular formula is C20H26N4O. The highest BCUT2D eigenvalue weighted by atomic mass is 16.2. The predicted octanol–water partition coefficient (Wildman–Crippen LogP) is 1.60. The van der Waals surface area contributed by atoms with E-state index in [1.54, 1.807) is 0 Å². The molecule has 132 valence electrons. The summed E-state index contributed by atoms with van der Waals surface area (Å²) in [5.74, 6) is 0.0602. The van der Waals surface area contributed by atoms with Crippen LogP contribution in [0.4, 0.5) is 0 Å². The number of nitrogens with two attached hydrogens (primary N) is 1. The molecule has 5 nitrogen and oxygen atoms in total. The fourth-order valence-electron chi connectivity index (χ4n) is 3.29. The monoisotopic (exact) mass is 338 g/mol. The average Bonchev–Trinajstić information content (AvgIpc) is 2.62. The number of carbonyl (C=O) groups is 1. The van der Waals surface area contributed by atoms with Crippen molar-refractivity contribution in [2.45, 2.75) is 25.9 Å². The molecule has 2 aromatic rings. The molecule has 3 rings (SSSR count). The second kappa shape index (κ2) is 8.23. The van der Waals surface area contributed by atoms with Gasteiger partial charge in [0.1, 0.15) is 0 Å². The standard InChI is InChI=1S/C20H26N4O/c1-16-3-2-4-18(13-16)14-19(21)20(25)24-11-9-23(10-12-24)15-17-5-7-22-8-6-17/h2-8,13,19H,9-12,14-15,21H2,1H3. The van der Waals surface area contributed by atoms with Gasteiger partial charge in [-0.2, -0.15) is 0 Å². The van der Waals surface area contributed by atoms with E-state index in [1.165, 1.54) is 11.1 Å². The second-order valence-electron chi connectivity index (χ2n) is 6.76. The Morgan fingerprint density at radius 2 is 1.84 bits per heavy atom. The van der Waals surface area contributed by atoms with Crippen molar-refractivity contribution in [2.75, 3.05) is 26.2 Å². The molecule has 1 aliphatic rings. The first-order chi connectivity index (χ1) is 12.1. The lowest BCUT2D eigenvalue weighted by Crippen LogP contribution is -2.53. The normalized spacial score (nSPS) is 16.6. The van der Waals surface area contributed by atoms with Crippen molar-refractivity contribution < 1.29 is 4.79 Å². The van der Waals surface area contributed by atoms with Gasteiger partial charge < -0.3 is 10.6 Å². The van der Waals surface area contributed by atoms with Crippen LogP contribution in [0.3, 0.4) is 0 Å². The largest absolute Gasteiger partial charge is 0.339 e. The zero-order valence-electron chi connectivity index (χ0n) is 14.8. The van der Waals surface area contributed by atoms with E-state index in [1.807, 2.05) is 41.6 Å². The first-order valence-electron chi connectivity index (χ1n) is 8.83. The number of amides is 1. The summed E-state index contributed by atoms with van der Waals surface area (Å²) < 4.78 is 0. The summed E-state index contributed by atoms with van der Waals surface area (Å²) in [6.45, 7) is 6.20. The van der Waals surface area contributed by atoms with Crippen molar-refractivity contribution in [3.05, 3.63) is 65.5 Å². The maximum atomic E-state index is 12.6. The van der Waals surface area contributed by atoms with Gasteiger partial charge >= 0.3 is 0 Å². The van der Waals surface area contributed by atoms with E-state index in [9.17, 15) is 4.79 Å². The molecule has 5 heteroatoms. The van der Waals surface area contributed by atoms with Gasteiger partial charge in [-0.3, -0.25) is 14.7 Å². The number of pyridine rings is 1. The first kappa shape index (κ1) is 17.6. The number of nitrogens with zero attached hydrogens (tertiary/aromatic N) is 3. The quantitative estimate of drug-likeness (QED) is 0.900. The summed E-state index contributed by atoms with van der Waals surface area (Å²) in [7, 11) is 0. The Balaban J connectivity index is 1.49. The summed E-state index contributed by atoms with van der Waals surface area (Å²) in [5, 5.41) is 0. The lowest BCUT2D eigenvalue weighted by Gasteiger charge is -2.36. The minimum atomic E-state index is -0.464. The third-order valence-electron chi connectivity index (χ3n) is 4.69. The third kappa shape index (κ3) is 4.87. The second-order valence-corrected chi connectivity index (χ2v) is 6.76. The number of piperazine rings is 1. The average molecular weight is 338 g/mol. The van der Waals surface area contributed by atoms with Crippen LogP contribution < -0.4 is 5.73 Å². The lowest BCUT2D eigenvalue weighted by atomic mass is 10.0. The molecule has 2 heterocycles. The summed E-state index contributed by atoms with van der Waals surface area (Å²) in [5.41, 5.74) is 9.75. The number of benzene rings is 1. The van der Waals surface area contributed by atoms with Crippen LogP contribution >= 0.6 is 0 Å². The summed E-state index contributed by atoms with van der Waals surface area (Å²) in [6.07, 6.45) is 4.23. The molecule has 0 spiro atoms. The topological polar surface area (TPSA) is 62.5 Å². The zero-order chi connectivity index (χ0) is 17.6. The van der Waals surface area contributed by atoms with E-state index >= 15 is 0 Å². The molecule has 1 aromatic heterocycles. The Morgan fingerprint density at radius 3 is 2.52 bits per heavy atom. The summed E-state index contributed by atoms with van der Waals surface area (Å²) in [4.78, 5) is 20.9. The van der Waals surface area contributed by atoms with Gasteiger partial charge in [0.2, 0.25) is 5.91 Å². The van der Waals surface area contributed by atoms with Crippen LogP contribution in [0.1, 0.15) is 16.7 Å². The number of hydrogen-bond donors (Lipinski definition) is 1. The molecule has 1 atom stereocenters. The lowest BCUT2D eigenvalue weighted by molar-refractivity contribution is -0.134. The highest BCUT2D eigenvalue weighted by Crippen LogP contribution is 2.11. The molecule has 1 unspecified atom stereocenters. The molecule has 1 amide bonds.